The maximum absolute atomic E-state index is 12.5. The van der Waals surface area contributed by atoms with Crippen molar-refractivity contribution in [2.24, 2.45) is 5.92 Å². The highest BCUT2D eigenvalue weighted by Gasteiger charge is 2.26. The van der Waals surface area contributed by atoms with Gasteiger partial charge in [-0.1, -0.05) is 25.4 Å². The maximum Gasteiger partial charge on any atom is 0.239 e. The van der Waals surface area contributed by atoms with Crippen LogP contribution in [0.2, 0.25) is 5.02 Å². The number of methoxy groups -OCH3 is 1. The van der Waals surface area contributed by atoms with Crippen LogP contribution >= 0.6 is 11.6 Å². The predicted molar refractivity (Wildman–Crippen MR) is 87.7 cm³/mol. The van der Waals surface area contributed by atoms with Gasteiger partial charge in [-0.3, -0.25) is 4.79 Å². The van der Waals surface area contributed by atoms with E-state index >= 15 is 0 Å². The van der Waals surface area contributed by atoms with Gasteiger partial charge in [0, 0.05) is 19.2 Å². The number of hydrogen-bond acceptors (Lipinski definition) is 5. The van der Waals surface area contributed by atoms with E-state index in [0.29, 0.717) is 0 Å². The Balaban J connectivity index is 2.62. The van der Waals surface area contributed by atoms with Crippen molar-refractivity contribution in [3.05, 3.63) is 29.1 Å². The summed E-state index contributed by atoms with van der Waals surface area (Å²) in [7, 11) is -2.20. The van der Waals surface area contributed by atoms with Gasteiger partial charge in [0.05, 0.1) is 17.9 Å². The van der Waals surface area contributed by atoms with E-state index in [9.17, 15) is 13.2 Å². The molecule has 0 bridgehead atoms. The number of carbonyl (C=O) groups is 1. The number of rotatable bonds is 6. The summed E-state index contributed by atoms with van der Waals surface area (Å²) in [5.74, 6) is 0.00225. The summed E-state index contributed by atoms with van der Waals surface area (Å²) < 4.78 is 36.7. The summed E-state index contributed by atoms with van der Waals surface area (Å²) in [5.41, 5.74) is 0.179. The Labute approximate surface area is 140 Å². The molecular formula is C15H18ClNO5S. The fraction of sp³-hybridized carbons (Fsp3) is 0.400. The molecule has 0 N–H and O–H groups in total. The molecule has 126 valence electrons. The monoisotopic (exact) mass is 359 g/mol. The molecule has 0 saturated carbocycles. The van der Waals surface area contributed by atoms with E-state index in [-0.39, 0.29) is 45.4 Å². The van der Waals surface area contributed by atoms with Gasteiger partial charge >= 0.3 is 0 Å². The van der Waals surface area contributed by atoms with Crippen LogP contribution in [0.1, 0.15) is 31.3 Å². The van der Waals surface area contributed by atoms with Gasteiger partial charge in [0.1, 0.15) is 5.69 Å². The van der Waals surface area contributed by atoms with Crippen molar-refractivity contribution < 1.29 is 22.4 Å². The maximum atomic E-state index is 12.5. The molecule has 0 radical (unpaired) electrons. The average Bonchev–Trinajstić information content (AvgIpc) is 3.00. The molecule has 8 heteroatoms. The standard InChI is InChI=1S/C15H18ClNO5S/c1-9(2)8-23(19,20)17-6-5-11(16)14(17)12-7-13(21-4)15(22-12)10(3)18/h5-7,9H,8H2,1-4H3. The Morgan fingerprint density at radius 3 is 2.57 bits per heavy atom. The lowest BCUT2D eigenvalue weighted by Gasteiger charge is -2.11. The molecule has 0 aromatic carbocycles. The number of Topliss-reactive ketones (excluding diaryl/α,β-unsaturated/α-hetero) is 1. The molecule has 0 atom stereocenters. The van der Waals surface area contributed by atoms with E-state index in [1.54, 1.807) is 0 Å². The van der Waals surface area contributed by atoms with Crippen molar-refractivity contribution in [3.8, 4) is 17.2 Å². The Morgan fingerprint density at radius 1 is 1.43 bits per heavy atom. The number of hydrogen-bond donors (Lipinski definition) is 0. The molecule has 0 spiro atoms. The molecular weight excluding hydrogens is 342 g/mol. The van der Waals surface area contributed by atoms with Crippen LogP contribution in [0, 0.1) is 5.92 Å². The van der Waals surface area contributed by atoms with Gasteiger partial charge in [-0.2, -0.15) is 0 Å². The second-order valence-corrected chi connectivity index (χ2v) is 7.84. The molecule has 2 heterocycles. The number of nitrogens with zero attached hydrogens (tertiary/aromatic N) is 1. The van der Waals surface area contributed by atoms with Crippen LogP contribution in [0.5, 0.6) is 5.75 Å². The van der Waals surface area contributed by atoms with Crippen LogP contribution in [0.3, 0.4) is 0 Å². The van der Waals surface area contributed by atoms with Crippen LogP contribution in [0.25, 0.3) is 11.5 Å². The zero-order valence-corrected chi connectivity index (χ0v) is 14.9. The van der Waals surface area contributed by atoms with Crippen molar-refractivity contribution in [3.63, 3.8) is 0 Å². The van der Waals surface area contributed by atoms with Gasteiger partial charge in [0.15, 0.2) is 17.3 Å². The minimum atomic E-state index is -3.60. The first-order chi connectivity index (χ1) is 10.7. The van der Waals surface area contributed by atoms with E-state index in [2.05, 4.69) is 0 Å². The zero-order chi connectivity index (χ0) is 17.4. The third-order valence-electron chi connectivity index (χ3n) is 3.12. The quantitative estimate of drug-likeness (QED) is 0.738. The zero-order valence-electron chi connectivity index (χ0n) is 13.3. The van der Waals surface area contributed by atoms with Gasteiger partial charge in [-0.25, -0.2) is 12.4 Å². The van der Waals surface area contributed by atoms with Crippen LogP contribution in [-0.2, 0) is 10.0 Å². The van der Waals surface area contributed by atoms with Crippen LogP contribution in [0.15, 0.2) is 22.7 Å². The predicted octanol–water partition coefficient (Wildman–Crippen LogP) is 3.45. The van der Waals surface area contributed by atoms with Gasteiger partial charge in [0.25, 0.3) is 0 Å². The van der Waals surface area contributed by atoms with Gasteiger partial charge in [-0.15, -0.1) is 0 Å². The van der Waals surface area contributed by atoms with Crippen LogP contribution < -0.4 is 4.74 Å². The number of carbonyl (C=O) groups excluding carboxylic acids is 1. The number of aromatic nitrogens is 1. The number of ketones is 1. The minimum Gasteiger partial charge on any atom is -0.493 e. The lowest BCUT2D eigenvalue weighted by molar-refractivity contribution is 0.0984. The highest BCUT2D eigenvalue weighted by Crippen LogP contribution is 2.36. The normalized spacial score (nSPS) is 11.9. The summed E-state index contributed by atoms with van der Waals surface area (Å²) in [6.45, 7) is 4.96. The first-order valence-corrected chi connectivity index (χ1v) is 8.95. The average molecular weight is 360 g/mol. The van der Waals surface area contributed by atoms with Crippen LogP contribution in [-0.4, -0.2) is 31.0 Å². The third kappa shape index (κ3) is 3.45. The molecule has 0 aliphatic carbocycles. The first-order valence-electron chi connectivity index (χ1n) is 6.96. The second kappa shape index (κ2) is 6.41. The summed E-state index contributed by atoms with van der Waals surface area (Å²) in [4.78, 5) is 11.6. The molecule has 0 aliphatic rings. The Morgan fingerprint density at radius 2 is 2.09 bits per heavy atom. The molecule has 0 unspecified atom stereocenters. The second-order valence-electron chi connectivity index (χ2n) is 5.54. The number of furan rings is 1. The lowest BCUT2D eigenvalue weighted by atomic mass is 10.3. The SMILES string of the molecule is COc1cc(-c2c(Cl)ccn2S(=O)(=O)CC(C)C)oc1C(C)=O. The number of ether oxygens (including phenoxy) is 1. The Bertz CT molecular complexity index is 832. The summed E-state index contributed by atoms with van der Waals surface area (Å²) in [6, 6.07) is 2.93. The summed E-state index contributed by atoms with van der Waals surface area (Å²) in [6.07, 6.45) is 1.37. The first kappa shape index (κ1) is 17.6. The summed E-state index contributed by atoms with van der Waals surface area (Å²) in [5, 5.41) is 0.212. The van der Waals surface area contributed by atoms with E-state index < -0.39 is 10.0 Å². The summed E-state index contributed by atoms with van der Waals surface area (Å²) >= 11 is 6.14. The molecule has 0 aliphatic heterocycles. The Kier molecular flexibility index (Phi) is 4.91. The molecule has 2 rings (SSSR count). The molecule has 0 saturated heterocycles. The van der Waals surface area contributed by atoms with Gasteiger partial charge in [0.2, 0.25) is 15.8 Å². The van der Waals surface area contributed by atoms with E-state index in [1.807, 2.05) is 13.8 Å². The largest absolute Gasteiger partial charge is 0.493 e. The Hall–Kier alpha value is -1.73. The van der Waals surface area contributed by atoms with E-state index in [1.165, 1.54) is 32.4 Å². The molecule has 6 nitrogen and oxygen atoms in total. The van der Waals surface area contributed by atoms with Gasteiger partial charge < -0.3 is 9.15 Å². The van der Waals surface area contributed by atoms with Crippen molar-refractivity contribution in [1.29, 1.82) is 0 Å². The molecule has 2 aromatic heterocycles. The van der Waals surface area contributed by atoms with Crippen molar-refractivity contribution in [1.82, 2.24) is 3.97 Å². The highest BCUT2D eigenvalue weighted by molar-refractivity contribution is 7.90. The van der Waals surface area contributed by atoms with Gasteiger partial charge in [-0.05, 0) is 12.0 Å². The smallest absolute Gasteiger partial charge is 0.239 e. The molecule has 2 aromatic rings. The van der Waals surface area contributed by atoms with Crippen molar-refractivity contribution in [2.45, 2.75) is 20.8 Å². The minimum absolute atomic E-state index is 0.0209. The number of halogens is 1. The fourth-order valence-electron chi connectivity index (χ4n) is 2.24. The van der Waals surface area contributed by atoms with Crippen molar-refractivity contribution >= 4 is 27.4 Å². The molecule has 23 heavy (non-hydrogen) atoms. The van der Waals surface area contributed by atoms with Crippen molar-refractivity contribution in [2.75, 3.05) is 12.9 Å². The van der Waals surface area contributed by atoms with E-state index in [4.69, 9.17) is 20.8 Å². The van der Waals surface area contributed by atoms with E-state index in [0.717, 1.165) is 3.97 Å². The fourth-order valence-corrected chi connectivity index (χ4v) is 4.25. The molecule has 0 amide bonds. The third-order valence-corrected chi connectivity index (χ3v) is 5.41. The van der Waals surface area contributed by atoms with Crippen LogP contribution in [0.4, 0.5) is 0 Å². The molecule has 0 fully saturated rings. The lowest BCUT2D eigenvalue weighted by Crippen LogP contribution is -2.20. The topological polar surface area (TPSA) is 78.5 Å². The highest BCUT2D eigenvalue weighted by atomic mass is 35.5.